The van der Waals surface area contributed by atoms with Gasteiger partial charge in [0.1, 0.15) is 30.2 Å². The van der Waals surface area contributed by atoms with E-state index in [2.05, 4.69) is 21.3 Å². The average molecular weight is 641 g/mol. The number of hydrogen-bond acceptors (Lipinski definition) is 9. The molecule has 0 aromatic heterocycles. The summed E-state index contributed by atoms with van der Waals surface area (Å²) in [6.07, 6.45) is -0.0344. The van der Waals surface area contributed by atoms with Gasteiger partial charge in [0.05, 0.1) is 19.6 Å². The molecule has 46 heavy (non-hydrogen) atoms. The number of primary amides is 1. The van der Waals surface area contributed by atoms with E-state index in [-0.39, 0.29) is 13.0 Å². The molecule has 0 bridgehead atoms. The van der Waals surface area contributed by atoms with E-state index in [1.54, 1.807) is 44.2 Å². The van der Waals surface area contributed by atoms with Crippen molar-refractivity contribution in [3.63, 3.8) is 0 Å². The third-order valence-corrected chi connectivity index (χ3v) is 6.92. The minimum Gasteiger partial charge on any atom is -0.464 e. The lowest BCUT2D eigenvalue weighted by molar-refractivity contribution is -0.147. The van der Waals surface area contributed by atoms with Crippen LogP contribution in [0.4, 0.5) is 0 Å². The standard InChI is InChI=1S/C32H44N6O8/c1-19(2)27(38-30(43)25(17-26(34)40)36-28(41)23(33)18-39)31(44)37-24(16-22-12-8-5-9-13-22)29(42)35-20(3)32(45)46-15-14-21-10-6-4-7-11-21/h4-13,19-20,23-25,27,39H,14-18,33H2,1-3H3,(H2,34,40)(H,35,42)(H,36,41)(H,37,44)(H,38,43)/t20-,23-,24-,25-,27-/m0/s1. The number of amides is 5. The number of esters is 1. The summed E-state index contributed by atoms with van der Waals surface area (Å²) in [5, 5.41) is 19.2. The number of carbonyl (C=O) groups is 6. The fourth-order valence-corrected chi connectivity index (χ4v) is 4.29. The normalized spacial score (nSPS) is 14.1. The van der Waals surface area contributed by atoms with E-state index in [1.807, 2.05) is 30.3 Å². The highest BCUT2D eigenvalue weighted by Crippen LogP contribution is 2.09. The fraction of sp³-hybridized carbons (Fsp3) is 0.438. The first-order valence-electron chi connectivity index (χ1n) is 14.9. The maximum absolute atomic E-state index is 13.5. The number of nitrogens with one attached hydrogen (secondary N) is 4. The lowest BCUT2D eigenvalue weighted by atomic mass is 10.00. The number of hydrogen-bond donors (Lipinski definition) is 7. The van der Waals surface area contributed by atoms with Crippen LogP contribution >= 0.6 is 0 Å². The summed E-state index contributed by atoms with van der Waals surface area (Å²) in [5.74, 6) is -5.25. The van der Waals surface area contributed by atoms with Gasteiger partial charge in [0.25, 0.3) is 0 Å². The van der Waals surface area contributed by atoms with Gasteiger partial charge in [-0.1, -0.05) is 74.5 Å². The molecule has 250 valence electrons. The van der Waals surface area contributed by atoms with Crippen LogP contribution in [-0.4, -0.2) is 84.0 Å². The van der Waals surface area contributed by atoms with Crippen LogP contribution in [0.15, 0.2) is 60.7 Å². The van der Waals surface area contributed by atoms with Crippen LogP contribution in [0.25, 0.3) is 0 Å². The Morgan fingerprint density at radius 2 is 1.28 bits per heavy atom. The summed E-state index contributed by atoms with van der Waals surface area (Å²) < 4.78 is 5.33. The number of benzene rings is 2. The lowest BCUT2D eigenvalue weighted by Crippen LogP contribution is -2.60. The summed E-state index contributed by atoms with van der Waals surface area (Å²) in [7, 11) is 0. The molecule has 0 saturated carbocycles. The summed E-state index contributed by atoms with van der Waals surface area (Å²) >= 11 is 0. The molecule has 0 saturated heterocycles. The van der Waals surface area contributed by atoms with Crippen LogP contribution in [-0.2, 0) is 46.3 Å². The first kappa shape index (κ1) is 37.4. The maximum atomic E-state index is 13.5. The molecule has 14 heteroatoms. The second-order valence-electron chi connectivity index (χ2n) is 11.1. The van der Waals surface area contributed by atoms with Crippen LogP contribution in [0.1, 0.15) is 38.3 Å². The predicted molar refractivity (Wildman–Crippen MR) is 168 cm³/mol. The third kappa shape index (κ3) is 12.7. The molecular formula is C32H44N6O8. The van der Waals surface area contributed by atoms with Gasteiger partial charge in [-0.3, -0.25) is 24.0 Å². The molecular weight excluding hydrogens is 596 g/mol. The predicted octanol–water partition coefficient (Wildman–Crippen LogP) is -1.17. The van der Waals surface area contributed by atoms with E-state index in [0.29, 0.717) is 6.42 Å². The smallest absolute Gasteiger partial charge is 0.328 e. The van der Waals surface area contributed by atoms with E-state index in [9.17, 15) is 28.8 Å². The van der Waals surface area contributed by atoms with Crippen LogP contribution in [0, 0.1) is 5.92 Å². The highest BCUT2D eigenvalue weighted by Gasteiger charge is 2.33. The van der Waals surface area contributed by atoms with E-state index >= 15 is 0 Å². The summed E-state index contributed by atoms with van der Waals surface area (Å²) in [5.41, 5.74) is 12.5. The molecule has 5 amide bonds. The molecule has 2 aromatic rings. The largest absolute Gasteiger partial charge is 0.464 e. The quantitative estimate of drug-likeness (QED) is 0.0971. The molecule has 0 radical (unpaired) electrons. The van der Waals surface area contributed by atoms with E-state index in [1.165, 1.54) is 6.92 Å². The Morgan fingerprint density at radius 3 is 1.83 bits per heavy atom. The van der Waals surface area contributed by atoms with Crippen molar-refractivity contribution in [2.24, 2.45) is 17.4 Å². The number of carbonyl (C=O) groups excluding carboxylic acids is 6. The SMILES string of the molecule is CC(C)[C@H](NC(=O)[C@H](CC(N)=O)NC(=O)[C@@H](N)CO)C(=O)N[C@@H](Cc1ccccc1)C(=O)N[C@@H](C)C(=O)OCCc1ccccc1. The van der Waals surface area contributed by atoms with Crippen molar-refractivity contribution in [1.29, 1.82) is 0 Å². The van der Waals surface area contributed by atoms with Gasteiger partial charge in [0.15, 0.2) is 0 Å². The molecule has 0 fully saturated rings. The van der Waals surface area contributed by atoms with Gasteiger partial charge in [-0.05, 0) is 24.0 Å². The molecule has 0 spiro atoms. The number of nitrogens with two attached hydrogens (primary N) is 2. The van der Waals surface area contributed by atoms with Crippen LogP contribution in [0.3, 0.4) is 0 Å². The maximum Gasteiger partial charge on any atom is 0.328 e. The van der Waals surface area contributed by atoms with Gasteiger partial charge in [-0.25, -0.2) is 4.79 Å². The Bertz CT molecular complexity index is 1320. The minimum atomic E-state index is -1.48. The highest BCUT2D eigenvalue weighted by atomic mass is 16.5. The van der Waals surface area contributed by atoms with Gasteiger partial charge in [-0.2, -0.15) is 0 Å². The van der Waals surface area contributed by atoms with Gasteiger partial charge < -0.3 is 42.6 Å². The molecule has 0 aliphatic carbocycles. The second kappa shape index (κ2) is 18.9. The van der Waals surface area contributed by atoms with E-state index in [0.717, 1.165) is 11.1 Å². The molecule has 0 aliphatic rings. The van der Waals surface area contributed by atoms with Crippen molar-refractivity contribution < 1.29 is 38.6 Å². The summed E-state index contributed by atoms with van der Waals surface area (Å²) in [6.45, 7) is 4.17. The third-order valence-electron chi connectivity index (χ3n) is 6.92. The zero-order chi connectivity index (χ0) is 34.2. The van der Waals surface area contributed by atoms with Crippen LogP contribution in [0.5, 0.6) is 0 Å². The molecule has 9 N–H and O–H groups in total. The Labute approximate surface area is 268 Å². The molecule has 14 nitrogen and oxygen atoms in total. The van der Waals surface area contributed by atoms with Crippen molar-refractivity contribution in [3.05, 3.63) is 71.8 Å². The van der Waals surface area contributed by atoms with Gasteiger partial charge in [0.2, 0.25) is 29.5 Å². The Morgan fingerprint density at radius 1 is 0.739 bits per heavy atom. The lowest BCUT2D eigenvalue weighted by Gasteiger charge is -2.28. The molecule has 0 aliphatic heterocycles. The first-order valence-corrected chi connectivity index (χ1v) is 14.9. The van der Waals surface area contributed by atoms with Crippen molar-refractivity contribution in [2.45, 2.75) is 70.2 Å². The summed E-state index contributed by atoms with van der Waals surface area (Å²) in [6, 6.07) is 12.1. The van der Waals surface area contributed by atoms with Crippen LogP contribution in [0.2, 0.25) is 0 Å². The van der Waals surface area contributed by atoms with E-state index < -0.39 is 84.7 Å². The Balaban J connectivity index is 2.15. The molecule has 2 rings (SSSR count). The monoisotopic (exact) mass is 640 g/mol. The zero-order valence-electron chi connectivity index (χ0n) is 26.2. The Kier molecular flexibility index (Phi) is 15.3. The van der Waals surface area contributed by atoms with Crippen molar-refractivity contribution in [2.75, 3.05) is 13.2 Å². The van der Waals surface area contributed by atoms with Crippen molar-refractivity contribution in [3.8, 4) is 0 Å². The molecule has 0 heterocycles. The molecule has 2 aromatic carbocycles. The first-order chi connectivity index (χ1) is 21.8. The number of rotatable bonds is 18. The molecule has 0 unspecified atom stereocenters. The summed E-state index contributed by atoms with van der Waals surface area (Å²) in [4.78, 5) is 76.4. The van der Waals surface area contributed by atoms with Crippen molar-refractivity contribution in [1.82, 2.24) is 21.3 Å². The number of aliphatic hydroxyl groups is 1. The number of aliphatic hydroxyl groups excluding tert-OH is 1. The Hall–Kier alpha value is -4.82. The fourth-order valence-electron chi connectivity index (χ4n) is 4.29. The van der Waals surface area contributed by atoms with Crippen molar-refractivity contribution >= 4 is 35.5 Å². The van der Waals surface area contributed by atoms with Gasteiger partial charge in [-0.15, -0.1) is 0 Å². The van der Waals surface area contributed by atoms with E-state index in [4.69, 9.17) is 21.3 Å². The van der Waals surface area contributed by atoms with Crippen LogP contribution < -0.4 is 32.7 Å². The second-order valence-corrected chi connectivity index (χ2v) is 11.1. The van der Waals surface area contributed by atoms with Gasteiger partial charge >= 0.3 is 5.97 Å². The van der Waals surface area contributed by atoms with Gasteiger partial charge in [0, 0.05) is 12.8 Å². The number of ether oxygens (including phenoxy) is 1. The molecule has 5 atom stereocenters. The minimum absolute atomic E-state index is 0.0619. The average Bonchev–Trinajstić information content (AvgIpc) is 3.02. The topological polar surface area (TPSA) is 232 Å². The zero-order valence-corrected chi connectivity index (χ0v) is 26.2. The highest BCUT2D eigenvalue weighted by molar-refractivity contribution is 5.97.